The Hall–Kier alpha value is -1.33. The largest absolute Gasteiger partial charge is 0.465 e. The van der Waals surface area contributed by atoms with Crippen molar-refractivity contribution in [1.82, 2.24) is 4.90 Å². The van der Waals surface area contributed by atoms with E-state index in [0.29, 0.717) is 6.54 Å². The highest BCUT2D eigenvalue weighted by Gasteiger charge is 2.33. The fraction of sp³-hybridized carbons (Fsp3) is 0.667. The molecule has 3 unspecified atom stereocenters. The number of nitrogens with zero attached hydrogens (tertiary/aromatic N) is 1. The van der Waals surface area contributed by atoms with Crippen molar-refractivity contribution in [3.8, 4) is 0 Å². The molecule has 2 rings (SSSR count). The zero-order valence-electron chi connectivity index (χ0n) is 12.3. The molecule has 112 valence electrons. The number of likely N-dealkylation sites (tertiary alicyclic amines) is 1. The molecule has 1 saturated heterocycles. The van der Waals surface area contributed by atoms with Crippen LogP contribution in [-0.4, -0.2) is 29.9 Å². The monoisotopic (exact) mass is 279 g/mol. The molecule has 2 heterocycles. The van der Waals surface area contributed by atoms with Crippen LogP contribution >= 0.6 is 0 Å². The Balaban J connectivity index is 2.20. The highest BCUT2D eigenvalue weighted by molar-refractivity contribution is 5.76. The Morgan fingerprint density at radius 1 is 1.55 bits per heavy atom. The maximum Gasteiger partial charge on any atom is 0.221 e. The van der Waals surface area contributed by atoms with Gasteiger partial charge in [0.05, 0.1) is 12.0 Å². The lowest BCUT2D eigenvalue weighted by atomic mass is 9.93. The van der Waals surface area contributed by atoms with E-state index in [1.165, 1.54) is 0 Å². The Bertz CT molecular complexity index is 458. The molecule has 1 fully saturated rings. The third kappa shape index (κ3) is 3.22. The van der Waals surface area contributed by atoms with Crippen LogP contribution in [-0.2, 0) is 4.79 Å². The van der Waals surface area contributed by atoms with Gasteiger partial charge >= 0.3 is 0 Å². The Morgan fingerprint density at radius 2 is 2.30 bits per heavy atom. The van der Waals surface area contributed by atoms with E-state index < -0.39 is 0 Å². The van der Waals surface area contributed by atoms with Gasteiger partial charge in [0.15, 0.2) is 0 Å². The lowest BCUT2D eigenvalue weighted by molar-refractivity contribution is -0.124. The molecule has 5 nitrogen and oxygen atoms in total. The van der Waals surface area contributed by atoms with E-state index >= 15 is 0 Å². The Kier molecular flexibility index (Phi) is 4.83. The van der Waals surface area contributed by atoms with Gasteiger partial charge in [0, 0.05) is 12.6 Å². The number of amides is 1. The van der Waals surface area contributed by atoms with Gasteiger partial charge in [-0.05, 0) is 44.9 Å². The van der Waals surface area contributed by atoms with Gasteiger partial charge in [-0.1, -0.05) is 6.92 Å². The SMILES string of the molecule is CCC(N)C(c1ccc(C)o1)N1CCCC(C(N)=O)C1. The molecule has 1 aromatic rings. The number of hydrogen-bond acceptors (Lipinski definition) is 4. The summed E-state index contributed by atoms with van der Waals surface area (Å²) in [7, 11) is 0. The van der Waals surface area contributed by atoms with Crippen molar-refractivity contribution in [2.24, 2.45) is 17.4 Å². The number of rotatable bonds is 5. The summed E-state index contributed by atoms with van der Waals surface area (Å²) in [5.74, 6) is 1.49. The predicted octanol–water partition coefficient (Wildman–Crippen LogP) is 1.56. The van der Waals surface area contributed by atoms with Crippen LogP contribution in [0.1, 0.15) is 43.7 Å². The first-order valence-corrected chi connectivity index (χ1v) is 7.38. The van der Waals surface area contributed by atoms with Crippen LogP contribution in [0.5, 0.6) is 0 Å². The molecule has 4 N–H and O–H groups in total. The highest BCUT2D eigenvalue weighted by atomic mass is 16.3. The van der Waals surface area contributed by atoms with Crippen molar-refractivity contribution in [1.29, 1.82) is 0 Å². The number of hydrogen-bond donors (Lipinski definition) is 2. The summed E-state index contributed by atoms with van der Waals surface area (Å²) in [5.41, 5.74) is 11.8. The summed E-state index contributed by atoms with van der Waals surface area (Å²) in [6.07, 6.45) is 2.71. The topological polar surface area (TPSA) is 85.5 Å². The molecule has 1 aliphatic heterocycles. The molecule has 20 heavy (non-hydrogen) atoms. The minimum absolute atomic E-state index is 0.00724. The van der Waals surface area contributed by atoms with Crippen molar-refractivity contribution in [2.75, 3.05) is 13.1 Å². The highest BCUT2D eigenvalue weighted by Crippen LogP contribution is 2.30. The van der Waals surface area contributed by atoms with Crippen molar-refractivity contribution in [3.05, 3.63) is 23.7 Å². The summed E-state index contributed by atoms with van der Waals surface area (Å²) in [4.78, 5) is 13.7. The summed E-state index contributed by atoms with van der Waals surface area (Å²) >= 11 is 0. The van der Waals surface area contributed by atoms with Gasteiger partial charge in [0.2, 0.25) is 5.91 Å². The van der Waals surface area contributed by atoms with Gasteiger partial charge in [-0.2, -0.15) is 0 Å². The molecule has 1 amide bonds. The van der Waals surface area contributed by atoms with Crippen LogP contribution < -0.4 is 11.5 Å². The number of carbonyl (C=O) groups is 1. The van der Waals surface area contributed by atoms with E-state index in [0.717, 1.165) is 37.3 Å². The minimum atomic E-state index is -0.214. The second-order valence-electron chi connectivity index (χ2n) is 5.70. The first kappa shape index (κ1) is 15.1. The molecule has 0 radical (unpaired) electrons. The maximum atomic E-state index is 11.4. The lowest BCUT2D eigenvalue weighted by Gasteiger charge is -2.38. The zero-order chi connectivity index (χ0) is 14.7. The second-order valence-corrected chi connectivity index (χ2v) is 5.70. The first-order valence-electron chi connectivity index (χ1n) is 7.38. The van der Waals surface area contributed by atoms with Gasteiger partial charge in [0.25, 0.3) is 0 Å². The molecular weight excluding hydrogens is 254 g/mol. The first-order chi connectivity index (χ1) is 9.52. The summed E-state index contributed by atoms with van der Waals surface area (Å²) in [6, 6.07) is 3.96. The molecule has 1 aromatic heterocycles. The van der Waals surface area contributed by atoms with Gasteiger partial charge in [-0.15, -0.1) is 0 Å². The molecule has 0 aromatic carbocycles. The number of furan rings is 1. The van der Waals surface area contributed by atoms with Crippen molar-refractivity contribution in [3.63, 3.8) is 0 Å². The molecule has 0 bridgehead atoms. The minimum Gasteiger partial charge on any atom is -0.465 e. The van der Waals surface area contributed by atoms with Crippen molar-refractivity contribution < 1.29 is 9.21 Å². The maximum absolute atomic E-state index is 11.4. The summed E-state index contributed by atoms with van der Waals surface area (Å²) < 4.78 is 5.78. The van der Waals surface area contributed by atoms with Crippen molar-refractivity contribution >= 4 is 5.91 Å². The molecule has 0 spiro atoms. The second kappa shape index (κ2) is 6.41. The van der Waals surface area contributed by atoms with Gasteiger partial charge in [0.1, 0.15) is 11.5 Å². The van der Waals surface area contributed by atoms with E-state index in [-0.39, 0.29) is 23.9 Å². The smallest absolute Gasteiger partial charge is 0.221 e. The van der Waals surface area contributed by atoms with Crippen LogP contribution in [0.3, 0.4) is 0 Å². The van der Waals surface area contributed by atoms with Crippen LogP contribution in [0.25, 0.3) is 0 Å². The molecule has 0 aliphatic carbocycles. The molecule has 5 heteroatoms. The normalized spacial score (nSPS) is 23.4. The van der Waals surface area contributed by atoms with Crippen LogP contribution in [0.4, 0.5) is 0 Å². The summed E-state index contributed by atoms with van der Waals surface area (Å²) in [5, 5.41) is 0. The summed E-state index contributed by atoms with van der Waals surface area (Å²) in [6.45, 7) is 5.61. The van der Waals surface area contributed by atoms with E-state index in [4.69, 9.17) is 15.9 Å². The van der Waals surface area contributed by atoms with E-state index in [2.05, 4.69) is 11.8 Å². The third-order valence-electron chi connectivity index (χ3n) is 4.18. The number of aryl methyl sites for hydroxylation is 1. The van der Waals surface area contributed by atoms with E-state index in [1.54, 1.807) is 0 Å². The fourth-order valence-electron chi connectivity index (χ4n) is 2.99. The number of primary amides is 1. The predicted molar refractivity (Wildman–Crippen MR) is 77.9 cm³/mol. The van der Waals surface area contributed by atoms with Crippen LogP contribution in [0.2, 0.25) is 0 Å². The quantitative estimate of drug-likeness (QED) is 0.856. The number of nitrogens with two attached hydrogens (primary N) is 2. The molecule has 0 saturated carbocycles. The van der Waals surface area contributed by atoms with E-state index in [1.807, 2.05) is 19.1 Å². The average molecular weight is 279 g/mol. The van der Waals surface area contributed by atoms with Crippen LogP contribution in [0, 0.1) is 12.8 Å². The zero-order valence-corrected chi connectivity index (χ0v) is 12.3. The molecule has 3 atom stereocenters. The number of carbonyl (C=O) groups excluding carboxylic acids is 1. The standard InChI is InChI=1S/C15H25N3O2/c1-3-12(16)14(13-7-6-10(2)20-13)18-8-4-5-11(9-18)15(17)19/h6-7,11-12,14H,3-5,8-9,16H2,1-2H3,(H2,17,19). The Labute approximate surface area is 120 Å². The van der Waals surface area contributed by atoms with Gasteiger partial charge in [-0.25, -0.2) is 0 Å². The molecular formula is C15H25N3O2. The van der Waals surface area contributed by atoms with Crippen LogP contribution in [0.15, 0.2) is 16.5 Å². The van der Waals surface area contributed by atoms with E-state index in [9.17, 15) is 4.79 Å². The average Bonchev–Trinajstić information content (AvgIpc) is 2.85. The lowest BCUT2D eigenvalue weighted by Crippen LogP contribution is -2.47. The fourth-order valence-corrected chi connectivity index (χ4v) is 2.99. The van der Waals surface area contributed by atoms with Gasteiger partial charge < -0.3 is 15.9 Å². The van der Waals surface area contributed by atoms with Crippen molar-refractivity contribution in [2.45, 2.75) is 45.2 Å². The third-order valence-corrected chi connectivity index (χ3v) is 4.18. The Morgan fingerprint density at radius 3 is 2.85 bits per heavy atom. The number of piperidine rings is 1. The van der Waals surface area contributed by atoms with Gasteiger partial charge in [-0.3, -0.25) is 9.69 Å². The molecule has 1 aliphatic rings.